The highest BCUT2D eigenvalue weighted by molar-refractivity contribution is 5.63. The van der Waals surface area contributed by atoms with E-state index in [1.807, 2.05) is 0 Å². The fourth-order valence-electron chi connectivity index (χ4n) is 1.46. The minimum absolute atomic E-state index is 0.121. The lowest BCUT2D eigenvalue weighted by Gasteiger charge is -1.87. The van der Waals surface area contributed by atoms with Crippen molar-refractivity contribution in [2.75, 3.05) is 0 Å². The molecule has 0 aromatic carbocycles. The van der Waals surface area contributed by atoms with Crippen molar-refractivity contribution in [3.63, 3.8) is 0 Å². The van der Waals surface area contributed by atoms with Crippen LogP contribution >= 0.6 is 0 Å². The molecule has 0 aliphatic carbocycles. The quantitative estimate of drug-likeness (QED) is 0.466. The van der Waals surface area contributed by atoms with E-state index in [9.17, 15) is 10.2 Å². The molecule has 2 rings (SSSR count). The summed E-state index contributed by atoms with van der Waals surface area (Å²) in [6.45, 7) is 0. The maximum atomic E-state index is 9.33. The smallest absolute Gasteiger partial charge is 0.198 e. The number of H-pyrrole nitrogens is 2. The molecule has 0 radical (unpaired) electrons. The van der Waals surface area contributed by atoms with Crippen LogP contribution in [0.3, 0.4) is 0 Å². The van der Waals surface area contributed by atoms with Gasteiger partial charge in [0, 0.05) is 23.3 Å². The van der Waals surface area contributed by atoms with Crippen molar-refractivity contribution >= 4 is 12.2 Å². The number of hydrogen-bond donors (Lipinski definition) is 6. The maximum Gasteiger partial charge on any atom is 0.198 e. The van der Waals surface area contributed by atoms with E-state index < -0.39 is 0 Å². The van der Waals surface area contributed by atoms with Crippen LogP contribution in [0, 0.1) is 0 Å². The Labute approximate surface area is 102 Å². The first-order chi connectivity index (χ1) is 8.56. The minimum atomic E-state index is -0.126. The molecule has 0 aliphatic rings. The second kappa shape index (κ2) is 4.62. The molecule has 2 aromatic heterocycles. The summed E-state index contributed by atoms with van der Waals surface area (Å²) in [7, 11) is 0. The Balaban J connectivity index is 2.07. The van der Waals surface area contributed by atoms with E-state index >= 15 is 0 Å². The Hall–Kier alpha value is -2.76. The lowest BCUT2D eigenvalue weighted by atomic mass is 10.2. The van der Waals surface area contributed by atoms with E-state index in [1.165, 1.54) is 12.1 Å². The van der Waals surface area contributed by atoms with Gasteiger partial charge in [0.1, 0.15) is 0 Å². The average Bonchev–Trinajstić information content (AvgIpc) is 2.77. The van der Waals surface area contributed by atoms with Crippen LogP contribution in [0.5, 0.6) is 23.5 Å². The molecule has 6 N–H and O–H groups in total. The SMILES string of the molecule is Oc1cc(C=CC=Cc2cc(O)[nH]c2O)c(O)[nH]1. The number of hydrogen-bond acceptors (Lipinski definition) is 4. The van der Waals surface area contributed by atoms with Crippen molar-refractivity contribution in [2.45, 2.75) is 0 Å². The van der Waals surface area contributed by atoms with Gasteiger partial charge in [-0.15, -0.1) is 0 Å². The molecule has 0 amide bonds. The van der Waals surface area contributed by atoms with Crippen LogP contribution in [0.2, 0.25) is 0 Å². The molecule has 94 valence electrons. The van der Waals surface area contributed by atoms with Crippen molar-refractivity contribution in [2.24, 2.45) is 0 Å². The summed E-state index contributed by atoms with van der Waals surface area (Å²) in [5, 5.41) is 36.8. The monoisotopic (exact) mass is 248 g/mol. The van der Waals surface area contributed by atoms with Gasteiger partial charge in [-0.05, 0) is 12.2 Å². The van der Waals surface area contributed by atoms with E-state index in [4.69, 9.17) is 10.2 Å². The Kier molecular flexibility index (Phi) is 3.01. The highest BCUT2D eigenvalue weighted by Gasteiger charge is 2.02. The van der Waals surface area contributed by atoms with Crippen LogP contribution < -0.4 is 0 Å². The molecule has 0 atom stereocenters. The Morgan fingerprint density at radius 2 is 1.11 bits per heavy atom. The topological polar surface area (TPSA) is 112 Å². The highest BCUT2D eigenvalue weighted by Crippen LogP contribution is 2.24. The normalized spacial score (nSPS) is 11.8. The molecule has 0 spiro atoms. The molecule has 18 heavy (non-hydrogen) atoms. The van der Waals surface area contributed by atoms with Crippen molar-refractivity contribution in [1.82, 2.24) is 9.97 Å². The molecule has 0 saturated carbocycles. The number of aromatic nitrogens is 2. The Morgan fingerprint density at radius 3 is 1.39 bits per heavy atom. The van der Waals surface area contributed by atoms with Crippen molar-refractivity contribution < 1.29 is 20.4 Å². The summed E-state index contributed by atoms with van der Waals surface area (Å²) in [4.78, 5) is 4.67. The largest absolute Gasteiger partial charge is 0.494 e. The zero-order valence-electron chi connectivity index (χ0n) is 9.25. The molecular formula is C12H12N2O4. The van der Waals surface area contributed by atoms with Crippen LogP contribution in [-0.4, -0.2) is 30.4 Å². The first-order valence-electron chi connectivity index (χ1n) is 5.13. The Morgan fingerprint density at radius 1 is 0.722 bits per heavy atom. The second-order valence-corrected chi connectivity index (χ2v) is 3.64. The third kappa shape index (κ3) is 2.49. The van der Waals surface area contributed by atoms with Gasteiger partial charge in [0.2, 0.25) is 0 Å². The van der Waals surface area contributed by atoms with E-state index in [1.54, 1.807) is 24.3 Å². The summed E-state index contributed by atoms with van der Waals surface area (Å²) < 4.78 is 0. The predicted octanol–water partition coefficient (Wildman–Crippen LogP) is 1.89. The third-order valence-electron chi connectivity index (χ3n) is 2.29. The van der Waals surface area contributed by atoms with Crippen LogP contribution in [0.15, 0.2) is 24.3 Å². The van der Waals surface area contributed by atoms with Crippen molar-refractivity contribution in [3.8, 4) is 23.5 Å². The molecule has 0 unspecified atom stereocenters. The van der Waals surface area contributed by atoms with Gasteiger partial charge in [0.15, 0.2) is 23.5 Å². The van der Waals surface area contributed by atoms with Gasteiger partial charge in [-0.25, -0.2) is 0 Å². The van der Waals surface area contributed by atoms with Gasteiger partial charge < -0.3 is 20.4 Å². The highest BCUT2D eigenvalue weighted by atomic mass is 16.3. The molecule has 0 aliphatic heterocycles. The first kappa shape index (κ1) is 11.7. The Bertz CT molecular complexity index is 553. The van der Waals surface area contributed by atoms with Crippen LogP contribution in [0.1, 0.15) is 11.1 Å². The first-order valence-corrected chi connectivity index (χ1v) is 5.13. The van der Waals surface area contributed by atoms with Gasteiger partial charge in [0.25, 0.3) is 0 Å². The van der Waals surface area contributed by atoms with Crippen molar-refractivity contribution in [1.29, 1.82) is 0 Å². The van der Waals surface area contributed by atoms with E-state index in [2.05, 4.69) is 9.97 Å². The molecule has 0 saturated heterocycles. The standard InChI is InChI=1S/C12H12N2O4/c15-9-5-7(11(17)13-9)3-1-2-4-8-6-10(16)14-12(8)18/h1-6,13-18H. The fraction of sp³-hybridized carbons (Fsp3) is 0. The van der Waals surface area contributed by atoms with Crippen LogP contribution in [-0.2, 0) is 0 Å². The molecule has 0 fully saturated rings. The summed E-state index contributed by atoms with van der Waals surface area (Å²) >= 11 is 0. The van der Waals surface area contributed by atoms with Gasteiger partial charge in [0.05, 0.1) is 0 Å². The van der Waals surface area contributed by atoms with Gasteiger partial charge in [-0.1, -0.05) is 12.2 Å². The van der Waals surface area contributed by atoms with Crippen LogP contribution in [0.4, 0.5) is 0 Å². The van der Waals surface area contributed by atoms with Gasteiger partial charge in [-0.3, -0.25) is 9.97 Å². The third-order valence-corrected chi connectivity index (χ3v) is 2.29. The van der Waals surface area contributed by atoms with Crippen molar-refractivity contribution in [3.05, 3.63) is 35.4 Å². The molecular weight excluding hydrogens is 236 g/mol. The lowest BCUT2D eigenvalue weighted by Crippen LogP contribution is -1.67. The molecule has 6 heteroatoms. The number of nitrogens with one attached hydrogen (secondary N) is 2. The zero-order valence-corrected chi connectivity index (χ0v) is 9.25. The molecule has 6 nitrogen and oxygen atoms in total. The summed E-state index contributed by atoms with van der Waals surface area (Å²) in [6.07, 6.45) is 6.38. The number of aromatic amines is 2. The summed E-state index contributed by atoms with van der Waals surface area (Å²) in [5.41, 5.74) is 0.886. The van der Waals surface area contributed by atoms with Gasteiger partial charge in [-0.2, -0.15) is 0 Å². The average molecular weight is 248 g/mol. The lowest BCUT2D eigenvalue weighted by molar-refractivity contribution is 0.424. The predicted molar refractivity (Wildman–Crippen MR) is 66.3 cm³/mol. The van der Waals surface area contributed by atoms with E-state index in [-0.39, 0.29) is 23.5 Å². The maximum absolute atomic E-state index is 9.33. The van der Waals surface area contributed by atoms with E-state index in [0.717, 1.165) is 0 Å². The van der Waals surface area contributed by atoms with Gasteiger partial charge >= 0.3 is 0 Å². The molecule has 2 heterocycles. The number of allylic oxidation sites excluding steroid dienone is 2. The van der Waals surface area contributed by atoms with E-state index in [0.29, 0.717) is 11.1 Å². The molecule has 0 bridgehead atoms. The number of rotatable bonds is 3. The zero-order chi connectivity index (χ0) is 13.1. The number of aromatic hydroxyl groups is 4. The summed E-state index contributed by atoms with van der Waals surface area (Å²) in [5.74, 6) is -0.493. The fourth-order valence-corrected chi connectivity index (χ4v) is 1.46. The summed E-state index contributed by atoms with van der Waals surface area (Å²) in [6, 6.07) is 2.75. The molecule has 2 aromatic rings. The van der Waals surface area contributed by atoms with Crippen LogP contribution in [0.25, 0.3) is 12.2 Å². The minimum Gasteiger partial charge on any atom is -0.494 e. The second-order valence-electron chi connectivity index (χ2n) is 3.64.